The van der Waals surface area contributed by atoms with E-state index in [9.17, 15) is 8.42 Å². The van der Waals surface area contributed by atoms with Crippen LogP contribution in [0.5, 0.6) is 0 Å². The third-order valence-electron chi connectivity index (χ3n) is 4.10. The van der Waals surface area contributed by atoms with Gasteiger partial charge in [0.1, 0.15) is 10.0 Å². The average molecular weight is 355 g/mol. The summed E-state index contributed by atoms with van der Waals surface area (Å²) in [7, 11) is -1.52. The second-order valence-electron chi connectivity index (χ2n) is 6.07. The third-order valence-corrected chi connectivity index (χ3v) is 7.31. The van der Waals surface area contributed by atoms with E-state index >= 15 is 0 Å². The Hall–Kier alpha value is -1.38. The van der Waals surface area contributed by atoms with Crippen LogP contribution in [-0.4, -0.2) is 37.3 Å². The number of thiophene rings is 1. The van der Waals surface area contributed by atoms with Gasteiger partial charge in [-0.1, -0.05) is 0 Å². The van der Waals surface area contributed by atoms with Crippen LogP contribution < -0.4 is 9.62 Å². The number of sulfonamides is 1. The van der Waals surface area contributed by atoms with Gasteiger partial charge >= 0.3 is 0 Å². The lowest BCUT2D eigenvalue weighted by atomic mass is 10.1. The number of hydrogen-bond donors (Lipinski definition) is 1. The zero-order valence-electron chi connectivity index (χ0n) is 13.6. The van der Waals surface area contributed by atoms with Gasteiger partial charge in [0.15, 0.2) is 0 Å². The van der Waals surface area contributed by atoms with Gasteiger partial charge in [-0.3, -0.25) is 4.68 Å². The van der Waals surface area contributed by atoms with E-state index in [0.717, 1.165) is 36.5 Å². The Morgan fingerprint density at radius 3 is 2.78 bits per heavy atom. The molecular formula is C15H22N4O2S2. The van der Waals surface area contributed by atoms with Crippen LogP contribution in [0.4, 0.5) is 5.82 Å². The summed E-state index contributed by atoms with van der Waals surface area (Å²) in [5.74, 6) is 1.04. The molecule has 1 aliphatic heterocycles. The standard InChI is InChI=1S/C15H22N4O2S2/c1-11-6-8-22-15(11)23(20,21)17-13-5-4-7-19(10-13)14-9-12(2)16-18(14)3/h6,8-9,13,17H,4-5,7,10H2,1-3H3. The first-order valence-corrected chi connectivity index (χ1v) is 10.0. The maximum absolute atomic E-state index is 12.6. The van der Waals surface area contributed by atoms with Crippen molar-refractivity contribution < 1.29 is 8.42 Å². The monoisotopic (exact) mass is 354 g/mol. The number of aromatic nitrogens is 2. The van der Waals surface area contributed by atoms with E-state index in [1.807, 2.05) is 43.1 Å². The summed E-state index contributed by atoms with van der Waals surface area (Å²) in [5, 5.41) is 6.19. The Morgan fingerprint density at radius 1 is 1.39 bits per heavy atom. The molecule has 0 spiro atoms. The zero-order valence-corrected chi connectivity index (χ0v) is 15.2. The molecule has 3 heterocycles. The smallest absolute Gasteiger partial charge is 0.250 e. The molecule has 23 heavy (non-hydrogen) atoms. The molecule has 1 unspecified atom stereocenters. The molecule has 8 heteroatoms. The predicted molar refractivity (Wildman–Crippen MR) is 92.6 cm³/mol. The highest BCUT2D eigenvalue weighted by Crippen LogP contribution is 2.24. The minimum absolute atomic E-state index is 0.0783. The zero-order chi connectivity index (χ0) is 16.6. The molecular weight excluding hydrogens is 332 g/mol. The van der Waals surface area contributed by atoms with Crippen molar-refractivity contribution in [2.24, 2.45) is 7.05 Å². The highest BCUT2D eigenvalue weighted by atomic mass is 32.2. The van der Waals surface area contributed by atoms with Gasteiger partial charge in [-0.05, 0) is 43.7 Å². The number of hydrogen-bond acceptors (Lipinski definition) is 5. The van der Waals surface area contributed by atoms with Crippen LogP contribution in [0.1, 0.15) is 24.1 Å². The fourth-order valence-electron chi connectivity index (χ4n) is 3.08. The molecule has 0 bridgehead atoms. The van der Waals surface area contributed by atoms with Crippen molar-refractivity contribution >= 4 is 27.2 Å². The number of nitrogens with zero attached hydrogens (tertiary/aromatic N) is 3. The molecule has 2 aromatic heterocycles. The van der Waals surface area contributed by atoms with Gasteiger partial charge in [0.2, 0.25) is 0 Å². The topological polar surface area (TPSA) is 67.2 Å². The lowest BCUT2D eigenvalue weighted by Gasteiger charge is -2.34. The molecule has 126 valence electrons. The van der Waals surface area contributed by atoms with Crippen LogP contribution in [-0.2, 0) is 17.1 Å². The van der Waals surface area contributed by atoms with Crippen molar-refractivity contribution in [2.45, 2.75) is 36.9 Å². The van der Waals surface area contributed by atoms with Gasteiger partial charge in [-0.25, -0.2) is 13.1 Å². The maximum Gasteiger partial charge on any atom is 0.250 e. The van der Waals surface area contributed by atoms with Crippen molar-refractivity contribution in [1.82, 2.24) is 14.5 Å². The van der Waals surface area contributed by atoms with Crippen LogP contribution in [0, 0.1) is 13.8 Å². The van der Waals surface area contributed by atoms with Crippen LogP contribution in [0.3, 0.4) is 0 Å². The van der Waals surface area contributed by atoms with Gasteiger partial charge in [0.05, 0.1) is 5.69 Å². The summed E-state index contributed by atoms with van der Waals surface area (Å²) in [4.78, 5) is 2.21. The fraction of sp³-hybridized carbons (Fsp3) is 0.533. The predicted octanol–water partition coefficient (Wildman–Crippen LogP) is 2.05. The molecule has 0 aliphatic carbocycles. The van der Waals surface area contributed by atoms with Gasteiger partial charge in [0, 0.05) is 32.2 Å². The molecule has 3 rings (SSSR count). The lowest BCUT2D eigenvalue weighted by molar-refractivity contribution is 0.460. The Labute approximate surface area is 141 Å². The first-order valence-electron chi connectivity index (χ1n) is 7.69. The molecule has 2 aromatic rings. The summed E-state index contributed by atoms with van der Waals surface area (Å²) in [5.41, 5.74) is 1.77. The lowest BCUT2D eigenvalue weighted by Crippen LogP contribution is -2.48. The van der Waals surface area contributed by atoms with E-state index in [-0.39, 0.29) is 6.04 Å². The van der Waals surface area contributed by atoms with E-state index in [1.54, 1.807) is 0 Å². The number of anilines is 1. The summed E-state index contributed by atoms with van der Waals surface area (Å²) in [6.07, 6.45) is 1.82. The summed E-state index contributed by atoms with van der Waals surface area (Å²) in [6.45, 7) is 5.39. The molecule has 1 aliphatic rings. The quantitative estimate of drug-likeness (QED) is 0.912. The molecule has 0 amide bonds. The first-order chi connectivity index (χ1) is 10.9. The second-order valence-corrected chi connectivity index (χ2v) is 8.89. The van der Waals surface area contributed by atoms with Crippen molar-refractivity contribution in [2.75, 3.05) is 18.0 Å². The van der Waals surface area contributed by atoms with Crippen molar-refractivity contribution in [3.63, 3.8) is 0 Å². The molecule has 0 radical (unpaired) electrons. The third kappa shape index (κ3) is 3.44. The first kappa shape index (κ1) is 16.5. The van der Waals surface area contributed by atoms with Crippen molar-refractivity contribution in [1.29, 1.82) is 0 Å². The molecule has 1 fully saturated rings. The van der Waals surface area contributed by atoms with Crippen LogP contribution >= 0.6 is 11.3 Å². The van der Waals surface area contributed by atoms with Crippen LogP contribution in [0.2, 0.25) is 0 Å². The fourth-order valence-corrected chi connectivity index (χ4v) is 5.78. The van der Waals surface area contributed by atoms with Crippen molar-refractivity contribution in [3.05, 3.63) is 28.8 Å². The highest BCUT2D eigenvalue weighted by molar-refractivity contribution is 7.91. The van der Waals surface area contributed by atoms with Crippen LogP contribution in [0.15, 0.2) is 21.7 Å². The van der Waals surface area contributed by atoms with E-state index in [2.05, 4.69) is 14.7 Å². The normalized spacial score (nSPS) is 19.3. The van der Waals surface area contributed by atoms with Gasteiger partial charge < -0.3 is 4.90 Å². The van der Waals surface area contributed by atoms with Gasteiger partial charge in [0.25, 0.3) is 10.0 Å². The average Bonchev–Trinajstić information content (AvgIpc) is 3.04. The molecule has 6 nitrogen and oxygen atoms in total. The van der Waals surface area contributed by atoms with Gasteiger partial charge in [-0.2, -0.15) is 5.10 Å². The Kier molecular flexibility index (Phi) is 4.48. The van der Waals surface area contributed by atoms with E-state index in [0.29, 0.717) is 10.8 Å². The Balaban J connectivity index is 1.74. The molecule has 1 N–H and O–H groups in total. The number of piperidine rings is 1. The van der Waals surface area contributed by atoms with Crippen LogP contribution in [0.25, 0.3) is 0 Å². The molecule has 1 saturated heterocycles. The van der Waals surface area contributed by atoms with Gasteiger partial charge in [-0.15, -0.1) is 11.3 Å². The second kappa shape index (κ2) is 6.26. The van der Waals surface area contributed by atoms with E-state index < -0.39 is 10.0 Å². The summed E-state index contributed by atoms with van der Waals surface area (Å²) < 4.78 is 30.3. The minimum atomic E-state index is -3.44. The Bertz CT molecular complexity index is 794. The largest absolute Gasteiger partial charge is 0.355 e. The van der Waals surface area contributed by atoms with E-state index in [4.69, 9.17) is 0 Å². The summed E-state index contributed by atoms with van der Waals surface area (Å²) in [6, 6.07) is 3.80. The Morgan fingerprint density at radius 2 is 2.17 bits per heavy atom. The minimum Gasteiger partial charge on any atom is -0.355 e. The van der Waals surface area contributed by atoms with Crippen molar-refractivity contribution in [3.8, 4) is 0 Å². The maximum atomic E-state index is 12.6. The SMILES string of the molecule is Cc1cc(N2CCCC(NS(=O)(=O)c3sccc3C)C2)n(C)n1. The number of rotatable bonds is 4. The molecule has 1 atom stereocenters. The molecule has 0 saturated carbocycles. The number of aryl methyl sites for hydroxylation is 3. The summed E-state index contributed by atoms with van der Waals surface area (Å²) >= 11 is 1.27. The molecule has 0 aromatic carbocycles. The number of nitrogens with one attached hydrogen (secondary N) is 1. The van der Waals surface area contributed by atoms with E-state index in [1.165, 1.54) is 11.3 Å². The highest BCUT2D eigenvalue weighted by Gasteiger charge is 2.28.